The molecule has 0 saturated carbocycles. The Balaban J connectivity index is 2.12. The zero-order valence-electron chi connectivity index (χ0n) is 39.7. The molecule has 0 aliphatic carbocycles. The highest BCUT2D eigenvalue weighted by Gasteiger charge is 2.37. The molecule has 0 spiro atoms. The van der Waals surface area contributed by atoms with Gasteiger partial charge in [-0.3, -0.25) is 47.9 Å². The number of nitrogens with two attached hydrogens (primary N) is 1. The van der Waals surface area contributed by atoms with Gasteiger partial charge < -0.3 is 46.7 Å². The van der Waals surface area contributed by atoms with Crippen molar-refractivity contribution in [3.05, 3.63) is 0 Å². The minimum absolute atomic E-state index is 0.0468. The first-order valence-electron chi connectivity index (χ1n) is 23.3. The van der Waals surface area contributed by atoms with E-state index < -0.39 is 107 Å². The Bertz CT molecular complexity index is 1730. The zero-order valence-corrected chi connectivity index (χ0v) is 39.7. The van der Waals surface area contributed by atoms with Gasteiger partial charge in [0.15, 0.2) is 17.3 Å². The summed E-state index contributed by atoms with van der Waals surface area (Å²) in [5.41, 5.74) is 5.32. The van der Waals surface area contributed by atoms with Crippen molar-refractivity contribution in [2.75, 3.05) is 26.2 Å². The summed E-state index contributed by atoms with van der Waals surface area (Å²) >= 11 is 0. The Morgan fingerprint density at radius 3 is 1.95 bits per heavy atom. The highest BCUT2D eigenvalue weighted by atomic mass is 16.3. The van der Waals surface area contributed by atoms with Crippen LogP contribution in [-0.2, 0) is 52.7 Å². The van der Waals surface area contributed by atoms with Crippen molar-refractivity contribution in [3.8, 4) is 0 Å². The van der Waals surface area contributed by atoms with Crippen LogP contribution in [0.1, 0.15) is 139 Å². The molecule has 2 rings (SSSR count). The van der Waals surface area contributed by atoms with Crippen LogP contribution in [0.15, 0.2) is 0 Å². The first-order valence-corrected chi connectivity index (χ1v) is 23.3. The number of aliphatic hydroxyl groups excluding tert-OH is 1. The predicted molar refractivity (Wildman–Crippen MR) is 239 cm³/mol. The molecule has 0 aromatic carbocycles. The molecule has 19 heteroatoms. The highest BCUT2D eigenvalue weighted by molar-refractivity contribution is 5.98. The summed E-state index contributed by atoms with van der Waals surface area (Å²) in [5.74, 6) is -8.15. The molecule has 8 atom stereocenters. The van der Waals surface area contributed by atoms with Gasteiger partial charge in [0.05, 0.1) is 36.2 Å². The molecule has 2 saturated heterocycles. The van der Waals surface area contributed by atoms with Crippen LogP contribution in [-0.4, -0.2) is 142 Å². The molecule has 65 heavy (non-hydrogen) atoms. The van der Waals surface area contributed by atoms with Gasteiger partial charge >= 0.3 is 0 Å². The standard InChI is InChI=1S/C46H75N7O12/c1-9-52(10-2)46(65)35-12-11-19-53(35)42(62)18-15-36(56)29(8)49-44(63)30(20-26(3)4)23-39(59)43(27(5)6)51-45(64)31(21-28(7)54)22-38(58)33(13-16-40(47)60)50-41(61)17-14-37(57)34-24-32(55)25-48-34/h26-27,29-35,43,48,55H,9-25H2,1-8H3,(H2,47,60)(H,49,63)(H,50,61)(H,51,64)/t29-,30+,31+,32+,33-,34-,35-,43-/m0/s1. The van der Waals surface area contributed by atoms with Gasteiger partial charge in [-0.2, -0.15) is 0 Å². The average Bonchev–Trinajstić information content (AvgIpc) is 3.91. The van der Waals surface area contributed by atoms with E-state index in [0.29, 0.717) is 32.5 Å². The normalized spacial score (nSPS) is 19.4. The lowest BCUT2D eigenvalue weighted by atomic mass is 9.86. The summed E-state index contributed by atoms with van der Waals surface area (Å²) in [7, 11) is 0. The van der Waals surface area contributed by atoms with E-state index in [-0.39, 0.29) is 94.3 Å². The monoisotopic (exact) mass is 918 g/mol. The number of nitrogens with zero attached hydrogens (tertiary/aromatic N) is 2. The van der Waals surface area contributed by atoms with Crippen LogP contribution in [0, 0.1) is 23.7 Å². The molecule has 2 fully saturated rings. The third-order valence-electron chi connectivity index (χ3n) is 12.1. The Hall–Kier alpha value is -4.91. The lowest BCUT2D eigenvalue weighted by Crippen LogP contribution is -2.50. The number of aliphatic hydroxyl groups is 1. The molecule has 0 aromatic heterocycles. The fourth-order valence-electron chi connectivity index (χ4n) is 8.41. The number of nitrogens with one attached hydrogen (secondary N) is 4. The number of carbonyl (C=O) groups excluding carboxylic acids is 11. The summed E-state index contributed by atoms with van der Waals surface area (Å²) in [6, 6.07) is -4.57. The number of carbonyl (C=O) groups is 11. The summed E-state index contributed by atoms with van der Waals surface area (Å²) in [5, 5.41) is 20.5. The fraction of sp³-hybridized carbons (Fsp3) is 0.761. The third kappa shape index (κ3) is 18.8. The summed E-state index contributed by atoms with van der Waals surface area (Å²) in [6.45, 7) is 15.3. The first-order chi connectivity index (χ1) is 30.5. The first kappa shape index (κ1) is 56.2. The van der Waals surface area contributed by atoms with Gasteiger partial charge in [-0.25, -0.2) is 0 Å². The minimum Gasteiger partial charge on any atom is -0.392 e. The van der Waals surface area contributed by atoms with Crippen LogP contribution in [0.5, 0.6) is 0 Å². The molecule has 2 aliphatic rings. The Kier molecular flexibility index (Phi) is 23.8. The van der Waals surface area contributed by atoms with Crippen LogP contribution in [0.25, 0.3) is 0 Å². The number of rotatable bonds is 30. The molecule has 7 N–H and O–H groups in total. The second kappa shape index (κ2) is 27.5. The van der Waals surface area contributed by atoms with Crippen LogP contribution < -0.4 is 27.0 Å². The van der Waals surface area contributed by atoms with Crippen molar-refractivity contribution in [3.63, 3.8) is 0 Å². The molecule has 19 nitrogen and oxygen atoms in total. The molecule has 2 aliphatic heterocycles. The van der Waals surface area contributed by atoms with Gasteiger partial charge in [0, 0.05) is 83.5 Å². The molecule has 0 aromatic rings. The zero-order chi connectivity index (χ0) is 49.1. The number of likely N-dealkylation sites (tertiary alicyclic amines) is 1. The lowest BCUT2D eigenvalue weighted by Gasteiger charge is -2.29. The number of primary amides is 1. The molecule has 0 radical (unpaired) electrons. The van der Waals surface area contributed by atoms with E-state index in [1.165, 1.54) is 18.7 Å². The minimum atomic E-state index is -1.28. The number of amides is 6. The maximum Gasteiger partial charge on any atom is 0.245 e. The third-order valence-corrected chi connectivity index (χ3v) is 12.1. The van der Waals surface area contributed by atoms with Crippen LogP contribution in [0.3, 0.4) is 0 Å². The molecule has 6 amide bonds. The number of hydrogen-bond acceptors (Lipinski definition) is 13. The van der Waals surface area contributed by atoms with Crippen molar-refractivity contribution in [2.45, 2.75) is 175 Å². The highest BCUT2D eigenvalue weighted by Crippen LogP contribution is 2.23. The number of ketones is 5. The number of likely N-dealkylation sites (N-methyl/N-ethyl adjacent to an activating group) is 1. The van der Waals surface area contributed by atoms with Crippen molar-refractivity contribution in [2.24, 2.45) is 29.4 Å². The predicted octanol–water partition coefficient (Wildman–Crippen LogP) is 0.839. The molecule has 0 bridgehead atoms. The van der Waals surface area contributed by atoms with E-state index in [2.05, 4.69) is 21.3 Å². The topological polar surface area (TPSA) is 289 Å². The van der Waals surface area contributed by atoms with Gasteiger partial charge in [0.25, 0.3) is 0 Å². The van der Waals surface area contributed by atoms with E-state index in [9.17, 15) is 57.8 Å². The Morgan fingerprint density at radius 1 is 0.769 bits per heavy atom. The fourth-order valence-corrected chi connectivity index (χ4v) is 8.41. The van der Waals surface area contributed by atoms with Crippen LogP contribution in [0.2, 0.25) is 0 Å². The van der Waals surface area contributed by atoms with E-state index in [1.807, 2.05) is 27.7 Å². The molecule has 0 unspecified atom stereocenters. The van der Waals surface area contributed by atoms with Gasteiger partial charge in [-0.15, -0.1) is 0 Å². The second-order valence-corrected chi connectivity index (χ2v) is 18.4. The molecular formula is C46H75N7O12. The SMILES string of the molecule is CCN(CC)C(=O)[C@@H]1CCCN1C(=O)CCC(=O)[C@H](C)NC(=O)[C@@H](CC(=O)[C@@H](NC(=O)[C@H](CC(C)=O)CC(=O)[C@H](CCC(N)=O)NC(=O)CCC(=O)[C@@H]1C[C@@H](O)CN1)C(C)C)CC(C)C. The van der Waals surface area contributed by atoms with E-state index in [1.54, 1.807) is 18.7 Å². The maximum absolute atomic E-state index is 14.0. The second-order valence-electron chi connectivity index (χ2n) is 18.4. The van der Waals surface area contributed by atoms with E-state index in [0.717, 1.165) is 0 Å². The maximum atomic E-state index is 14.0. The van der Waals surface area contributed by atoms with Gasteiger partial charge in [0.1, 0.15) is 17.6 Å². The smallest absolute Gasteiger partial charge is 0.245 e. The molecular weight excluding hydrogens is 843 g/mol. The quantitative estimate of drug-likeness (QED) is 0.0583. The van der Waals surface area contributed by atoms with Crippen molar-refractivity contribution < 1.29 is 57.8 Å². The van der Waals surface area contributed by atoms with E-state index in [4.69, 9.17) is 5.73 Å². The Morgan fingerprint density at radius 2 is 1.40 bits per heavy atom. The number of hydrogen-bond donors (Lipinski definition) is 6. The van der Waals surface area contributed by atoms with Crippen molar-refractivity contribution >= 4 is 64.4 Å². The van der Waals surface area contributed by atoms with Gasteiger partial charge in [-0.1, -0.05) is 27.7 Å². The van der Waals surface area contributed by atoms with E-state index >= 15 is 0 Å². The number of β-amino-alcohol motifs (C(OH)–C–C–N with tert-alkyl or cyclic N) is 1. The lowest BCUT2D eigenvalue weighted by molar-refractivity contribution is -0.144. The molecule has 366 valence electrons. The van der Waals surface area contributed by atoms with Crippen LogP contribution >= 0.6 is 0 Å². The summed E-state index contributed by atoms with van der Waals surface area (Å²) in [6.07, 6.45) is -1.42. The number of Topliss-reactive ketones (excluding diaryl/α,β-unsaturated/α-hetero) is 5. The van der Waals surface area contributed by atoms with Crippen molar-refractivity contribution in [1.82, 2.24) is 31.1 Å². The van der Waals surface area contributed by atoms with Gasteiger partial charge in [0.2, 0.25) is 35.4 Å². The largest absolute Gasteiger partial charge is 0.392 e. The average molecular weight is 918 g/mol. The summed E-state index contributed by atoms with van der Waals surface area (Å²) in [4.78, 5) is 147. The Labute approximate surface area is 383 Å². The van der Waals surface area contributed by atoms with Crippen LogP contribution in [0.4, 0.5) is 0 Å². The van der Waals surface area contributed by atoms with Crippen molar-refractivity contribution in [1.29, 1.82) is 0 Å². The summed E-state index contributed by atoms with van der Waals surface area (Å²) < 4.78 is 0. The van der Waals surface area contributed by atoms with Gasteiger partial charge in [-0.05, 0) is 71.6 Å². The molecule has 2 heterocycles.